The van der Waals surface area contributed by atoms with E-state index in [1.807, 2.05) is 36.6 Å². The second-order valence-electron chi connectivity index (χ2n) is 5.45. The molecular weight excluding hydrogens is 304 g/mol. The third-order valence-corrected chi connectivity index (χ3v) is 6.12. The molecular formula is C15H18N2O2S2. The summed E-state index contributed by atoms with van der Waals surface area (Å²) in [7, 11) is -3.31. The number of hydrogen-bond acceptors (Lipinski definition) is 4. The van der Waals surface area contributed by atoms with Gasteiger partial charge in [0.05, 0.1) is 12.3 Å². The number of benzene rings is 1. The first kappa shape index (κ1) is 14.7. The van der Waals surface area contributed by atoms with Crippen molar-refractivity contribution in [3.8, 4) is 0 Å². The Morgan fingerprint density at radius 2 is 2.19 bits per heavy atom. The molecule has 1 aromatic heterocycles. The number of nitrogens with zero attached hydrogens (tertiary/aromatic N) is 2. The van der Waals surface area contributed by atoms with Gasteiger partial charge in [0, 0.05) is 17.6 Å². The van der Waals surface area contributed by atoms with E-state index in [1.54, 1.807) is 10.5 Å². The molecule has 1 aromatic carbocycles. The molecule has 0 bridgehead atoms. The molecule has 1 aliphatic carbocycles. The van der Waals surface area contributed by atoms with Crippen molar-refractivity contribution in [3.63, 3.8) is 0 Å². The van der Waals surface area contributed by atoms with Gasteiger partial charge in [-0.3, -0.25) is 0 Å². The van der Waals surface area contributed by atoms with Gasteiger partial charge in [-0.05, 0) is 25.3 Å². The van der Waals surface area contributed by atoms with Gasteiger partial charge in [0.15, 0.2) is 0 Å². The average molecular weight is 322 g/mol. The molecule has 1 aliphatic rings. The predicted octanol–water partition coefficient (Wildman–Crippen LogP) is 2.95. The van der Waals surface area contributed by atoms with Crippen molar-refractivity contribution in [2.24, 2.45) is 0 Å². The minimum atomic E-state index is -3.31. The smallest absolute Gasteiger partial charge is 0.218 e. The van der Waals surface area contributed by atoms with E-state index in [-0.39, 0.29) is 11.8 Å². The quantitative estimate of drug-likeness (QED) is 0.821. The Morgan fingerprint density at radius 1 is 1.38 bits per heavy atom. The highest BCUT2D eigenvalue weighted by atomic mass is 32.2. The summed E-state index contributed by atoms with van der Waals surface area (Å²) in [6.07, 6.45) is 3.63. The van der Waals surface area contributed by atoms with Crippen molar-refractivity contribution in [2.45, 2.75) is 38.1 Å². The zero-order valence-electron chi connectivity index (χ0n) is 11.9. The largest absolute Gasteiger partial charge is 0.248 e. The Bertz CT molecular complexity index is 707. The zero-order chi connectivity index (χ0) is 14.9. The summed E-state index contributed by atoms with van der Waals surface area (Å²) >= 11 is 1.50. The van der Waals surface area contributed by atoms with Crippen LogP contribution in [0.15, 0.2) is 35.8 Å². The van der Waals surface area contributed by atoms with Crippen LogP contribution in [0, 0.1) is 6.92 Å². The van der Waals surface area contributed by atoms with Gasteiger partial charge < -0.3 is 0 Å². The summed E-state index contributed by atoms with van der Waals surface area (Å²) in [5, 5.41) is 2.74. The van der Waals surface area contributed by atoms with Gasteiger partial charge in [-0.2, -0.15) is 4.31 Å². The molecule has 21 heavy (non-hydrogen) atoms. The monoisotopic (exact) mass is 322 g/mol. The first-order chi connectivity index (χ1) is 10.0. The minimum Gasteiger partial charge on any atom is -0.248 e. The molecule has 0 saturated heterocycles. The molecule has 2 aromatic rings. The maximum absolute atomic E-state index is 12.7. The highest BCUT2D eigenvalue weighted by Gasteiger charge is 2.37. The number of aromatic nitrogens is 1. The van der Waals surface area contributed by atoms with Crippen molar-refractivity contribution in [1.29, 1.82) is 0 Å². The molecule has 0 atom stereocenters. The van der Waals surface area contributed by atoms with E-state index in [1.165, 1.54) is 11.3 Å². The first-order valence-electron chi connectivity index (χ1n) is 6.98. The van der Waals surface area contributed by atoms with Crippen LogP contribution in [0.3, 0.4) is 0 Å². The van der Waals surface area contributed by atoms with E-state index in [2.05, 4.69) is 4.98 Å². The molecule has 0 radical (unpaired) electrons. The summed E-state index contributed by atoms with van der Waals surface area (Å²) in [6.45, 7) is 2.38. The van der Waals surface area contributed by atoms with Gasteiger partial charge in [-0.25, -0.2) is 13.4 Å². The average Bonchev–Trinajstić information content (AvgIpc) is 3.11. The fourth-order valence-corrected chi connectivity index (χ4v) is 4.82. The lowest BCUT2D eigenvalue weighted by Crippen LogP contribution is -2.33. The van der Waals surface area contributed by atoms with Crippen LogP contribution in [-0.2, 0) is 22.3 Å². The molecule has 1 saturated carbocycles. The van der Waals surface area contributed by atoms with E-state index in [4.69, 9.17) is 0 Å². The normalized spacial score (nSPS) is 15.5. The van der Waals surface area contributed by atoms with Crippen LogP contribution in [0.1, 0.15) is 29.0 Å². The Labute approximate surface area is 129 Å². The second-order valence-corrected chi connectivity index (χ2v) is 8.35. The first-order valence-corrected chi connectivity index (χ1v) is 9.47. The van der Waals surface area contributed by atoms with E-state index in [0.717, 1.165) is 29.0 Å². The summed E-state index contributed by atoms with van der Waals surface area (Å²) in [5.41, 5.74) is 1.93. The Hall–Kier alpha value is -1.24. The van der Waals surface area contributed by atoms with Gasteiger partial charge in [0.1, 0.15) is 5.01 Å². The summed E-state index contributed by atoms with van der Waals surface area (Å²) in [5.74, 6) is 0.0660. The van der Waals surface area contributed by atoms with E-state index in [9.17, 15) is 8.42 Å². The van der Waals surface area contributed by atoms with Gasteiger partial charge in [-0.1, -0.05) is 29.8 Å². The molecule has 0 amide bonds. The minimum absolute atomic E-state index is 0.0660. The summed E-state index contributed by atoms with van der Waals surface area (Å²) in [6, 6.07) is 7.85. The van der Waals surface area contributed by atoms with Crippen molar-refractivity contribution < 1.29 is 8.42 Å². The molecule has 1 heterocycles. The number of sulfonamides is 1. The highest BCUT2D eigenvalue weighted by Crippen LogP contribution is 2.32. The SMILES string of the molecule is Cc1cccc(CS(=O)(=O)N(Cc2nccs2)C2CC2)c1. The Kier molecular flexibility index (Phi) is 4.10. The lowest BCUT2D eigenvalue weighted by atomic mass is 10.2. The lowest BCUT2D eigenvalue weighted by molar-refractivity contribution is 0.397. The predicted molar refractivity (Wildman–Crippen MR) is 84.5 cm³/mol. The zero-order valence-corrected chi connectivity index (χ0v) is 13.5. The van der Waals surface area contributed by atoms with Gasteiger partial charge in [0.2, 0.25) is 10.0 Å². The van der Waals surface area contributed by atoms with Crippen molar-refractivity contribution in [1.82, 2.24) is 9.29 Å². The number of rotatable bonds is 6. The third-order valence-electron chi connectivity index (χ3n) is 3.52. The maximum atomic E-state index is 12.7. The molecule has 3 rings (SSSR count). The maximum Gasteiger partial charge on any atom is 0.218 e. The molecule has 112 valence electrons. The summed E-state index contributed by atoms with van der Waals surface area (Å²) < 4.78 is 27.1. The second kappa shape index (κ2) is 5.87. The van der Waals surface area contributed by atoms with Crippen molar-refractivity contribution in [2.75, 3.05) is 0 Å². The van der Waals surface area contributed by atoms with E-state index < -0.39 is 10.0 Å². The third kappa shape index (κ3) is 3.70. The molecule has 0 N–H and O–H groups in total. The lowest BCUT2D eigenvalue weighted by Gasteiger charge is -2.21. The fraction of sp³-hybridized carbons (Fsp3) is 0.400. The number of hydrogen-bond donors (Lipinski definition) is 0. The van der Waals surface area contributed by atoms with Crippen LogP contribution in [0.4, 0.5) is 0 Å². The molecule has 0 spiro atoms. The van der Waals surface area contributed by atoms with Crippen LogP contribution < -0.4 is 0 Å². The van der Waals surface area contributed by atoms with Crippen LogP contribution >= 0.6 is 11.3 Å². The van der Waals surface area contributed by atoms with E-state index in [0.29, 0.717) is 6.54 Å². The van der Waals surface area contributed by atoms with Crippen LogP contribution in [0.5, 0.6) is 0 Å². The van der Waals surface area contributed by atoms with Crippen LogP contribution in [-0.4, -0.2) is 23.7 Å². The van der Waals surface area contributed by atoms with Crippen LogP contribution in [0.25, 0.3) is 0 Å². The molecule has 6 heteroatoms. The van der Waals surface area contributed by atoms with Gasteiger partial charge in [-0.15, -0.1) is 11.3 Å². The summed E-state index contributed by atoms with van der Waals surface area (Å²) in [4.78, 5) is 4.21. The molecule has 1 fully saturated rings. The molecule has 4 nitrogen and oxygen atoms in total. The number of thiazole rings is 1. The van der Waals surface area contributed by atoms with Gasteiger partial charge >= 0.3 is 0 Å². The Balaban J connectivity index is 1.80. The van der Waals surface area contributed by atoms with Crippen molar-refractivity contribution in [3.05, 3.63) is 52.0 Å². The van der Waals surface area contributed by atoms with E-state index >= 15 is 0 Å². The topological polar surface area (TPSA) is 50.3 Å². The number of aryl methyl sites for hydroxylation is 1. The fourth-order valence-electron chi connectivity index (χ4n) is 2.38. The molecule has 0 aliphatic heterocycles. The standard InChI is InChI=1S/C15H18N2O2S2/c1-12-3-2-4-13(9-12)11-21(18,19)17(14-5-6-14)10-15-16-7-8-20-15/h2-4,7-9,14H,5-6,10-11H2,1H3. The highest BCUT2D eigenvalue weighted by molar-refractivity contribution is 7.88. The van der Waals surface area contributed by atoms with Gasteiger partial charge in [0.25, 0.3) is 0 Å². The van der Waals surface area contributed by atoms with Crippen LogP contribution in [0.2, 0.25) is 0 Å². The Morgan fingerprint density at radius 3 is 2.81 bits per heavy atom. The van der Waals surface area contributed by atoms with Crippen molar-refractivity contribution >= 4 is 21.4 Å². The molecule has 0 unspecified atom stereocenters.